The molecular formula is C12H14N6. The minimum absolute atomic E-state index is 0.541. The Morgan fingerprint density at radius 3 is 3.00 bits per heavy atom. The Labute approximate surface area is 104 Å². The molecule has 0 N–H and O–H groups in total. The second kappa shape index (κ2) is 4.21. The van der Waals surface area contributed by atoms with Crippen LogP contribution < -0.4 is 0 Å². The van der Waals surface area contributed by atoms with E-state index in [0.717, 1.165) is 23.4 Å². The largest absolute Gasteiger partial charge is 0.313 e. The van der Waals surface area contributed by atoms with E-state index in [1.165, 1.54) is 0 Å². The molecule has 0 aliphatic rings. The average Bonchev–Trinajstić information content (AvgIpc) is 2.94. The molecule has 3 heterocycles. The van der Waals surface area contributed by atoms with Crippen LogP contribution in [0.2, 0.25) is 0 Å². The summed E-state index contributed by atoms with van der Waals surface area (Å²) >= 11 is 0. The minimum Gasteiger partial charge on any atom is -0.313 e. The molecular weight excluding hydrogens is 228 g/mol. The van der Waals surface area contributed by atoms with Gasteiger partial charge in [-0.2, -0.15) is 5.10 Å². The van der Waals surface area contributed by atoms with Crippen LogP contribution in [0.3, 0.4) is 0 Å². The van der Waals surface area contributed by atoms with Crippen molar-refractivity contribution in [3.63, 3.8) is 0 Å². The first-order valence-electron chi connectivity index (χ1n) is 5.91. The predicted octanol–water partition coefficient (Wildman–Crippen LogP) is 1.64. The molecule has 3 aromatic heterocycles. The third-order valence-electron chi connectivity index (χ3n) is 2.74. The summed E-state index contributed by atoms with van der Waals surface area (Å²) in [5.41, 5.74) is 1.90. The van der Waals surface area contributed by atoms with E-state index in [1.54, 1.807) is 29.4 Å². The van der Waals surface area contributed by atoms with Crippen molar-refractivity contribution in [3.05, 3.63) is 31.1 Å². The molecule has 0 amide bonds. The molecule has 3 rings (SSSR count). The van der Waals surface area contributed by atoms with Crippen molar-refractivity contribution in [1.29, 1.82) is 0 Å². The molecule has 6 nitrogen and oxygen atoms in total. The van der Waals surface area contributed by atoms with Crippen LogP contribution in [0.15, 0.2) is 31.1 Å². The third kappa shape index (κ3) is 1.75. The van der Waals surface area contributed by atoms with Crippen molar-refractivity contribution in [1.82, 2.24) is 29.4 Å². The normalized spacial score (nSPS) is 11.5. The summed E-state index contributed by atoms with van der Waals surface area (Å²) < 4.78 is 3.84. The molecule has 6 heteroatoms. The number of aromatic nitrogens is 6. The van der Waals surface area contributed by atoms with Gasteiger partial charge in [0.1, 0.15) is 6.33 Å². The van der Waals surface area contributed by atoms with Crippen LogP contribution in [0.1, 0.15) is 13.8 Å². The van der Waals surface area contributed by atoms with Gasteiger partial charge in [-0.3, -0.25) is 4.98 Å². The Bertz CT molecular complexity index is 666. The van der Waals surface area contributed by atoms with E-state index in [0.29, 0.717) is 5.92 Å². The zero-order valence-electron chi connectivity index (χ0n) is 10.4. The van der Waals surface area contributed by atoms with E-state index in [4.69, 9.17) is 0 Å². The molecule has 0 saturated carbocycles. The van der Waals surface area contributed by atoms with Crippen molar-refractivity contribution < 1.29 is 0 Å². The summed E-state index contributed by atoms with van der Waals surface area (Å²) in [6, 6.07) is 0. The fourth-order valence-corrected chi connectivity index (χ4v) is 2.00. The highest BCUT2D eigenvalue weighted by atomic mass is 15.3. The smallest absolute Gasteiger partial charge is 0.167 e. The van der Waals surface area contributed by atoms with E-state index < -0.39 is 0 Å². The number of fused-ring (bicyclic) bond motifs is 1. The van der Waals surface area contributed by atoms with Crippen LogP contribution in [-0.4, -0.2) is 29.4 Å². The highest BCUT2D eigenvalue weighted by Crippen LogP contribution is 2.22. The molecule has 0 saturated heterocycles. The van der Waals surface area contributed by atoms with Crippen LogP contribution in [-0.2, 0) is 6.54 Å². The highest BCUT2D eigenvalue weighted by Gasteiger charge is 2.13. The van der Waals surface area contributed by atoms with Gasteiger partial charge in [0.15, 0.2) is 5.82 Å². The van der Waals surface area contributed by atoms with Crippen molar-refractivity contribution in [2.24, 2.45) is 5.92 Å². The van der Waals surface area contributed by atoms with Gasteiger partial charge in [0.2, 0.25) is 0 Å². The van der Waals surface area contributed by atoms with Crippen molar-refractivity contribution >= 4 is 5.52 Å². The van der Waals surface area contributed by atoms with Gasteiger partial charge in [-0.15, -0.1) is 10.2 Å². The lowest BCUT2D eigenvalue weighted by Gasteiger charge is -2.07. The number of nitrogens with zero attached hydrogens (tertiary/aromatic N) is 6. The van der Waals surface area contributed by atoms with Crippen LogP contribution in [0.4, 0.5) is 0 Å². The fourth-order valence-electron chi connectivity index (χ4n) is 2.00. The SMILES string of the molecule is CC(C)Cn1cnnc1-c1cnn2ccncc12. The van der Waals surface area contributed by atoms with Gasteiger partial charge < -0.3 is 4.57 Å². The maximum Gasteiger partial charge on any atom is 0.167 e. The first kappa shape index (κ1) is 10.9. The Morgan fingerprint density at radius 1 is 1.28 bits per heavy atom. The zero-order chi connectivity index (χ0) is 12.5. The molecule has 3 aromatic rings. The molecule has 0 bridgehead atoms. The van der Waals surface area contributed by atoms with E-state index >= 15 is 0 Å². The van der Waals surface area contributed by atoms with Crippen molar-refractivity contribution in [2.75, 3.05) is 0 Å². The van der Waals surface area contributed by atoms with Gasteiger partial charge in [-0.25, -0.2) is 4.52 Å². The Morgan fingerprint density at radius 2 is 2.17 bits per heavy atom. The molecule has 0 radical (unpaired) electrons. The minimum atomic E-state index is 0.541. The summed E-state index contributed by atoms with van der Waals surface area (Å²) in [6.45, 7) is 5.23. The summed E-state index contributed by atoms with van der Waals surface area (Å²) in [4.78, 5) is 4.13. The molecule has 0 aliphatic heterocycles. The van der Waals surface area contributed by atoms with E-state index in [1.807, 2.05) is 6.20 Å². The topological polar surface area (TPSA) is 60.9 Å². The van der Waals surface area contributed by atoms with E-state index in [-0.39, 0.29) is 0 Å². The zero-order valence-corrected chi connectivity index (χ0v) is 10.4. The maximum absolute atomic E-state index is 4.29. The van der Waals surface area contributed by atoms with Gasteiger partial charge in [-0.1, -0.05) is 13.8 Å². The standard InChI is InChI=1S/C12H14N6/c1-9(2)7-17-8-14-16-12(17)10-5-15-18-4-3-13-6-11(10)18/h3-6,8-9H,7H2,1-2H3. The number of rotatable bonds is 3. The quantitative estimate of drug-likeness (QED) is 0.700. The molecule has 18 heavy (non-hydrogen) atoms. The Balaban J connectivity index is 2.12. The Kier molecular flexibility index (Phi) is 2.55. The van der Waals surface area contributed by atoms with Crippen molar-refractivity contribution in [3.8, 4) is 11.4 Å². The van der Waals surface area contributed by atoms with Crippen LogP contribution >= 0.6 is 0 Å². The average molecular weight is 242 g/mol. The molecule has 92 valence electrons. The lowest BCUT2D eigenvalue weighted by atomic mass is 10.2. The van der Waals surface area contributed by atoms with Crippen LogP contribution in [0, 0.1) is 5.92 Å². The summed E-state index contributed by atoms with van der Waals surface area (Å²) in [7, 11) is 0. The molecule has 0 aromatic carbocycles. The van der Waals surface area contributed by atoms with Gasteiger partial charge >= 0.3 is 0 Å². The third-order valence-corrected chi connectivity index (χ3v) is 2.74. The summed E-state index contributed by atoms with van der Waals surface area (Å²) in [6.07, 6.45) is 8.88. The first-order valence-corrected chi connectivity index (χ1v) is 5.91. The second-order valence-corrected chi connectivity index (χ2v) is 4.67. The first-order chi connectivity index (χ1) is 8.75. The lowest BCUT2D eigenvalue weighted by Crippen LogP contribution is -2.05. The number of hydrogen-bond donors (Lipinski definition) is 0. The van der Waals surface area contributed by atoms with E-state index in [9.17, 15) is 0 Å². The number of hydrogen-bond acceptors (Lipinski definition) is 4. The molecule has 0 atom stereocenters. The molecule has 0 spiro atoms. The van der Waals surface area contributed by atoms with Gasteiger partial charge in [-0.05, 0) is 5.92 Å². The van der Waals surface area contributed by atoms with Crippen molar-refractivity contribution in [2.45, 2.75) is 20.4 Å². The van der Waals surface area contributed by atoms with Gasteiger partial charge in [0.25, 0.3) is 0 Å². The summed E-state index contributed by atoms with van der Waals surface area (Å²) in [5.74, 6) is 1.38. The predicted molar refractivity (Wildman–Crippen MR) is 66.8 cm³/mol. The molecule has 0 fully saturated rings. The van der Waals surface area contributed by atoms with Gasteiger partial charge in [0.05, 0.1) is 23.5 Å². The maximum atomic E-state index is 4.29. The highest BCUT2D eigenvalue weighted by molar-refractivity contribution is 5.74. The van der Waals surface area contributed by atoms with Gasteiger partial charge in [0, 0.05) is 18.9 Å². The van der Waals surface area contributed by atoms with Crippen LogP contribution in [0.5, 0.6) is 0 Å². The summed E-state index contributed by atoms with van der Waals surface area (Å²) in [5, 5.41) is 12.5. The fraction of sp³-hybridized carbons (Fsp3) is 0.333. The lowest BCUT2D eigenvalue weighted by molar-refractivity contribution is 0.525. The Hall–Kier alpha value is -2.24. The second-order valence-electron chi connectivity index (χ2n) is 4.67. The van der Waals surface area contributed by atoms with E-state index in [2.05, 4.69) is 38.7 Å². The molecule has 0 aliphatic carbocycles. The monoisotopic (exact) mass is 242 g/mol. The van der Waals surface area contributed by atoms with Crippen LogP contribution in [0.25, 0.3) is 16.9 Å². The molecule has 0 unspecified atom stereocenters.